The van der Waals surface area contributed by atoms with E-state index >= 15 is 0 Å². The quantitative estimate of drug-likeness (QED) is 0.854. The number of hydrogen-bond acceptors (Lipinski definition) is 3. The number of ether oxygens (including phenoxy) is 1. The largest absolute Gasteiger partial charge is 0.379 e. The Kier molecular flexibility index (Phi) is 3.13. The van der Waals surface area contributed by atoms with Crippen LogP contribution in [0.4, 0.5) is 5.82 Å². The van der Waals surface area contributed by atoms with E-state index in [0.717, 1.165) is 25.5 Å². The summed E-state index contributed by atoms with van der Waals surface area (Å²) in [5, 5.41) is 3.46. The third-order valence-electron chi connectivity index (χ3n) is 3.28. The molecule has 1 atom stereocenters. The van der Waals surface area contributed by atoms with Crippen molar-refractivity contribution in [3.63, 3.8) is 0 Å². The second-order valence-electron chi connectivity index (χ2n) is 6.17. The normalized spacial score (nSPS) is 24.9. The van der Waals surface area contributed by atoms with Gasteiger partial charge in [0.15, 0.2) is 0 Å². The fourth-order valence-electron chi connectivity index (χ4n) is 1.99. The van der Waals surface area contributed by atoms with E-state index in [4.69, 9.17) is 4.74 Å². The molecule has 1 fully saturated rings. The first kappa shape index (κ1) is 12.4. The second-order valence-corrected chi connectivity index (χ2v) is 6.17. The Hall–Kier alpha value is -1.09. The summed E-state index contributed by atoms with van der Waals surface area (Å²) < 4.78 is 5.42. The van der Waals surface area contributed by atoms with Crippen molar-refractivity contribution in [1.82, 2.24) is 4.98 Å². The van der Waals surface area contributed by atoms with Crippen LogP contribution in [0, 0.1) is 0 Å². The van der Waals surface area contributed by atoms with Gasteiger partial charge in [-0.25, -0.2) is 4.98 Å². The molecule has 0 radical (unpaired) electrons. The Morgan fingerprint density at radius 1 is 1.35 bits per heavy atom. The molecule has 0 aromatic carbocycles. The first-order valence-corrected chi connectivity index (χ1v) is 6.22. The summed E-state index contributed by atoms with van der Waals surface area (Å²) >= 11 is 0. The van der Waals surface area contributed by atoms with Gasteiger partial charge in [-0.15, -0.1) is 0 Å². The fourth-order valence-corrected chi connectivity index (χ4v) is 1.99. The maximum Gasteiger partial charge on any atom is 0.126 e. The second kappa shape index (κ2) is 4.30. The van der Waals surface area contributed by atoms with Crippen LogP contribution >= 0.6 is 0 Å². The Morgan fingerprint density at radius 2 is 2.12 bits per heavy atom. The van der Waals surface area contributed by atoms with E-state index in [-0.39, 0.29) is 11.0 Å². The standard InChI is InChI=1S/C14H22N2O/c1-13(2,3)11-5-6-12(15-9-11)16-14(4)7-8-17-10-14/h5-6,9H,7-8,10H2,1-4H3,(H,15,16). The molecule has 3 heteroatoms. The highest BCUT2D eigenvalue weighted by Gasteiger charge is 2.29. The minimum atomic E-state index is 0.0379. The molecule has 17 heavy (non-hydrogen) atoms. The average molecular weight is 234 g/mol. The highest BCUT2D eigenvalue weighted by atomic mass is 16.5. The molecule has 1 aliphatic rings. The average Bonchev–Trinajstić information content (AvgIpc) is 2.64. The van der Waals surface area contributed by atoms with E-state index in [2.05, 4.69) is 50.1 Å². The smallest absolute Gasteiger partial charge is 0.126 e. The van der Waals surface area contributed by atoms with Gasteiger partial charge in [0.25, 0.3) is 0 Å². The van der Waals surface area contributed by atoms with Gasteiger partial charge in [-0.1, -0.05) is 26.8 Å². The summed E-state index contributed by atoms with van der Waals surface area (Å²) in [5.41, 5.74) is 1.46. The van der Waals surface area contributed by atoms with Gasteiger partial charge in [0, 0.05) is 12.8 Å². The van der Waals surface area contributed by atoms with E-state index in [0.29, 0.717) is 0 Å². The van der Waals surface area contributed by atoms with E-state index in [1.807, 2.05) is 6.20 Å². The number of pyridine rings is 1. The molecule has 0 saturated carbocycles. The topological polar surface area (TPSA) is 34.2 Å². The highest BCUT2D eigenvalue weighted by Crippen LogP contribution is 2.25. The molecule has 3 nitrogen and oxygen atoms in total. The Bertz CT molecular complexity index is 372. The minimum absolute atomic E-state index is 0.0379. The van der Waals surface area contributed by atoms with Crippen LogP contribution in [0.3, 0.4) is 0 Å². The van der Waals surface area contributed by atoms with Gasteiger partial charge in [0.2, 0.25) is 0 Å². The van der Waals surface area contributed by atoms with Crippen LogP contribution < -0.4 is 5.32 Å². The predicted molar refractivity (Wildman–Crippen MR) is 70.4 cm³/mol. The van der Waals surface area contributed by atoms with E-state index in [1.54, 1.807) is 0 Å². The summed E-state index contributed by atoms with van der Waals surface area (Å²) in [5.74, 6) is 0.936. The predicted octanol–water partition coefficient (Wildman–Crippen LogP) is 2.97. The molecule has 0 aliphatic carbocycles. The molecule has 0 spiro atoms. The third kappa shape index (κ3) is 2.97. The van der Waals surface area contributed by atoms with Crippen molar-refractivity contribution < 1.29 is 4.74 Å². The summed E-state index contributed by atoms with van der Waals surface area (Å²) in [6.45, 7) is 10.4. The van der Waals surface area contributed by atoms with Crippen molar-refractivity contribution >= 4 is 5.82 Å². The van der Waals surface area contributed by atoms with Crippen LogP contribution in [0.2, 0.25) is 0 Å². The number of anilines is 1. The SMILES string of the molecule is CC1(Nc2ccc(C(C)(C)C)cn2)CCOC1. The van der Waals surface area contributed by atoms with Crippen LogP contribution in [0.25, 0.3) is 0 Å². The van der Waals surface area contributed by atoms with Gasteiger partial charge in [-0.3, -0.25) is 0 Å². The summed E-state index contributed by atoms with van der Waals surface area (Å²) in [7, 11) is 0. The van der Waals surface area contributed by atoms with Gasteiger partial charge in [-0.05, 0) is 30.4 Å². The Morgan fingerprint density at radius 3 is 2.59 bits per heavy atom. The van der Waals surface area contributed by atoms with Crippen molar-refractivity contribution in [3.05, 3.63) is 23.9 Å². The molecule has 1 aromatic heterocycles. The molecule has 2 heterocycles. The molecular formula is C14H22N2O. The maximum absolute atomic E-state index is 5.42. The summed E-state index contributed by atoms with van der Waals surface area (Å²) in [6, 6.07) is 4.21. The van der Waals surface area contributed by atoms with Crippen molar-refractivity contribution in [2.75, 3.05) is 18.5 Å². The number of hydrogen-bond donors (Lipinski definition) is 1. The molecule has 94 valence electrons. The minimum Gasteiger partial charge on any atom is -0.379 e. The number of nitrogens with one attached hydrogen (secondary N) is 1. The molecule has 1 saturated heterocycles. The first-order valence-electron chi connectivity index (χ1n) is 6.22. The molecular weight excluding hydrogens is 212 g/mol. The van der Waals surface area contributed by atoms with Gasteiger partial charge in [-0.2, -0.15) is 0 Å². The number of nitrogens with zero attached hydrogens (tertiary/aromatic N) is 1. The van der Waals surface area contributed by atoms with Crippen LogP contribution in [-0.2, 0) is 10.2 Å². The van der Waals surface area contributed by atoms with E-state index < -0.39 is 0 Å². The fraction of sp³-hybridized carbons (Fsp3) is 0.643. The third-order valence-corrected chi connectivity index (χ3v) is 3.28. The van der Waals surface area contributed by atoms with Crippen LogP contribution in [0.1, 0.15) is 39.7 Å². The van der Waals surface area contributed by atoms with E-state index in [1.165, 1.54) is 5.56 Å². The van der Waals surface area contributed by atoms with Crippen LogP contribution in [0.5, 0.6) is 0 Å². The molecule has 2 rings (SSSR count). The molecule has 1 aromatic rings. The lowest BCUT2D eigenvalue weighted by Crippen LogP contribution is -2.35. The molecule has 1 aliphatic heterocycles. The van der Waals surface area contributed by atoms with Crippen molar-refractivity contribution in [1.29, 1.82) is 0 Å². The monoisotopic (exact) mass is 234 g/mol. The zero-order valence-electron chi connectivity index (χ0n) is 11.2. The van der Waals surface area contributed by atoms with Crippen LogP contribution in [0.15, 0.2) is 18.3 Å². The zero-order chi connectivity index (χ0) is 12.5. The molecule has 1 N–H and O–H groups in total. The lowest BCUT2D eigenvalue weighted by molar-refractivity contribution is 0.185. The maximum atomic E-state index is 5.42. The van der Waals surface area contributed by atoms with Crippen molar-refractivity contribution in [2.24, 2.45) is 0 Å². The molecule has 0 bridgehead atoms. The van der Waals surface area contributed by atoms with Crippen molar-refractivity contribution in [3.8, 4) is 0 Å². The van der Waals surface area contributed by atoms with E-state index in [9.17, 15) is 0 Å². The molecule has 1 unspecified atom stereocenters. The molecule has 0 amide bonds. The van der Waals surface area contributed by atoms with Crippen molar-refractivity contribution in [2.45, 2.75) is 45.1 Å². The lowest BCUT2D eigenvalue weighted by atomic mass is 9.88. The van der Waals surface area contributed by atoms with Gasteiger partial charge in [0.1, 0.15) is 5.82 Å². The lowest BCUT2D eigenvalue weighted by Gasteiger charge is -2.25. The zero-order valence-corrected chi connectivity index (χ0v) is 11.2. The van der Waals surface area contributed by atoms with Crippen LogP contribution in [-0.4, -0.2) is 23.7 Å². The highest BCUT2D eigenvalue weighted by molar-refractivity contribution is 5.40. The Labute approximate surface area is 104 Å². The summed E-state index contributed by atoms with van der Waals surface area (Å²) in [6.07, 6.45) is 3.00. The van der Waals surface area contributed by atoms with Gasteiger partial charge >= 0.3 is 0 Å². The first-order chi connectivity index (χ1) is 7.89. The van der Waals surface area contributed by atoms with Gasteiger partial charge in [0.05, 0.1) is 12.1 Å². The van der Waals surface area contributed by atoms with Gasteiger partial charge < -0.3 is 10.1 Å². The number of rotatable bonds is 2. The Balaban J connectivity index is 2.08. The number of aromatic nitrogens is 1. The summed E-state index contributed by atoms with van der Waals surface area (Å²) in [4.78, 5) is 4.49.